The molecule has 2 nitrogen and oxygen atoms in total. The molecule has 0 saturated heterocycles. The van der Waals surface area contributed by atoms with Crippen molar-refractivity contribution < 1.29 is 0 Å². The summed E-state index contributed by atoms with van der Waals surface area (Å²) < 4.78 is 0. The number of nitrogens with one attached hydrogen (secondary N) is 1. The van der Waals surface area contributed by atoms with Gasteiger partial charge in [0.2, 0.25) is 0 Å². The standard InChI is InChI=1S/C16H34N2/c1-14(2,3)8-12(9-17)10-18-11-13-15(4,5)16(13,6)7/h12-13,18H,8-11,17H2,1-7H3. The first kappa shape index (κ1) is 16.0. The van der Waals surface area contributed by atoms with Gasteiger partial charge in [-0.3, -0.25) is 0 Å². The van der Waals surface area contributed by atoms with Gasteiger partial charge in [-0.15, -0.1) is 0 Å². The van der Waals surface area contributed by atoms with Crippen LogP contribution in [0.4, 0.5) is 0 Å². The lowest BCUT2D eigenvalue weighted by molar-refractivity contribution is 0.288. The molecule has 0 amide bonds. The van der Waals surface area contributed by atoms with E-state index in [1.807, 2.05) is 0 Å². The van der Waals surface area contributed by atoms with Crippen molar-refractivity contribution in [3.8, 4) is 0 Å². The highest BCUT2D eigenvalue weighted by molar-refractivity contribution is 5.12. The van der Waals surface area contributed by atoms with E-state index < -0.39 is 0 Å². The maximum atomic E-state index is 5.88. The molecule has 1 saturated carbocycles. The van der Waals surface area contributed by atoms with Crippen LogP contribution in [0.2, 0.25) is 0 Å². The minimum Gasteiger partial charge on any atom is -0.330 e. The summed E-state index contributed by atoms with van der Waals surface area (Å²) in [6.07, 6.45) is 1.20. The minimum atomic E-state index is 0.379. The summed E-state index contributed by atoms with van der Waals surface area (Å²) in [5, 5.41) is 3.65. The molecule has 1 atom stereocenters. The van der Waals surface area contributed by atoms with Crippen molar-refractivity contribution in [2.45, 2.75) is 54.9 Å². The van der Waals surface area contributed by atoms with Gasteiger partial charge in [-0.2, -0.15) is 0 Å². The van der Waals surface area contributed by atoms with Gasteiger partial charge in [-0.05, 0) is 54.1 Å². The smallest absolute Gasteiger partial charge is 0.000814 e. The molecule has 0 aromatic carbocycles. The third-order valence-electron chi connectivity index (χ3n) is 5.34. The molecule has 18 heavy (non-hydrogen) atoms. The van der Waals surface area contributed by atoms with E-state index in [9.17, 15) is 0 Å². The van der Waals surface area contributed by atoms with Gasteiger partial charge in [0.25, 0.3) is 0 Å². The Labute approximate surface area is 114 Å². The Morgan fingerprint density at radius 3 is 1.94 bits per heavy atom. The molecule has 0 aliphatic heterocycles. The molecule has 2 heteroatoms. The first-order valence-corrected chi connectivity index (χ1v) is 7.43. The lowest BCUT2D eigenvalue weighted by Crippen LogP contribution is -2.32. The lowest BCUT2D eigenvalue weighted by atomic mass is 9.84. The van der Waals surface area contributed by atoms with Crippen molar-refractivity contribution in [3.05, 3.63) is 0 Å². The summed E-state index contributed by atoms with van der Waals surface area (Å²) in [7, 11) is 0. The number of hydrogen-bond acceptors (Lipinski definition) is 2. The SMILES string of the molecule is CC(C)(C)CC(CN)CNCC1C(C)(C)C1(C)C. The number of rotatable bonds is 6. The largest absolute Gasteiger partial charge is 0.330 e. The first-order chi connectivity index (χ1) is 8.02. The molecule has 0 aromatic heterocycles. The highest BCUT2D eigenvalue weighted by Gasteiger charge is 2.63. The summed E-state index contributed by atoms with van der Waals surface area (Å²) in [6.45, 7) is 19.4. The van der Waals surface area contributed by atoms with Crippen LogP contribution in [0.3, 0.4) is 0 Å². The highest BCUT2D eigenvalue weighted by Crippen LogP contribution is 2.67. The van der Waals surface area contributed by atoms with Gasteiger partial charge in [-0.1, -0.05) is 48.5 Å². The zero-order valence-corrected chi connectivity index (χ0v) is 13.6. The van der Waals surface area contributed by atoms with E-state index in [0.717, 1.165) is 25.6 Å². The van der Waals surface area contributed by atoms with Crippen molar-refractivity contribution in [1.29, 1.82) is 0 Å². The van der Waals surface area contributed by atoms with Gasteiger partial charge in [0.05, 0.1) is 0 Å². The molecule has 3 N–H and O–H groups in total. The molecule has 0 aromatic rings. The van der Waals surface area contributed by atoms with Crippen LogP contribution >= 0.6 is 0 Å². The summed E-state index contributed by atoms with van der Waals surface area (Å²) in [4.78, 5) is 0. The Morgan fingerprint density at radius 2 is 1.61 bits per heavy atom. The molecule has 1 unspecified atom stereocenters. The maximum Gasteiger partial charge on any atom is -0.000814 e. The fourth-order valence-electron chi connectivity index (χ4n) is 3.38. The number of hydrogen-bond donors (Lipinski definition) is 2. The van der Waals surface area contributed by atoms with Crippen LogP contribution in [0.1, 0.15) is 54.9 Å². The van der Waals surface area contributed by atoms with Gasteiger partial charge >= 0.3 is 0 Å². The molecule has 1 aliphatic carbocycles. The molecule has 1 aliphatic rings. The van der Waals surface area contributed by atoms with Crippen molar-refractivity contribution in [3.63, 3.8) is 0 Å². The second-order valence-corrected chi connectivity index (χ2v) is 8.52. The van der Waals surface area contributed by atoms with E-state index in [1.54, 1.807) is 0 Å². The lowest BCUT2D eigenvalue weighted by Gasteiger charge is -2.25. The normalized spacial score (nSPS) is 24.0. The molecule has 0 radical (unpaired) electrons. The fraction of sp³-hybridized carbons (Fsp3) is 1.00. The molecule has 0 spiro atoms. The van der Waals surface area contributed by atoms with Crippen LogP contribution in [-0.2, 0) is 0 Å². The summed E-state index contributed by atoms with van der Waals surface area (Å²) in [6, 6.07) is 0. The third kappa shape index (κ3) is 3.48. The van der Waals surface area contributed by atoms with Crippen molar-refractivity contribution in [1.82, 2.24) is 5.32 Å². The highest BCUT2D eigenvalue weighted by atomic mass is 14.9. The van der Waals surface area contributed by atoms with Crippen molar-refractivity contribution in [2.75, 3.05) is 19.6 Å². The van der Waals surface area contributed by atoms with E-state index in [1.165, 1.54) is 6.42 Å². The van der Waals surface area contributed by atoms with Gasteiger partial charge in [0.1, 0.15) is 0 Å². The molecule has 108 valence electrons. The quantitative estimate of drug-likeness (QED) is 0.763. The average molecular weight is 254 g/mol. The Morgan fingerprint density at radius 1 is 1.11 bits per heavy atom. The summed E-state index contributed by atoms with van der Waals surface area (Å²) >= 11 is 0. The van der Waals surface area contributed by atoms with Gasteiger partial charge in [0, 0.05) is 0 Å². The molecular formula is C16H34N2. The van der Waals surface area contributed by atoms with Gasteiger partial charge < -0.3 is 11.1 Å². The number of nitrogens with two attached hydrogens (primary N) is 1. The van der Waals surface area contributed by atoms with Crippen LogP contribution in [-0.4, -0.2) is 19.6 Å². The minimum absolute atomic E-state index is 0.379. The Kier molecular flexibility index (Phi) is 4.55. The molecule has 1 rings (SSSR count). The van der Waals surface area contributed by atoms with E-state index in [2.05, 4.69) is 53.8 Å². The first-order valence-electron chi connectivity index (χ1n) is 7.43. The van der Waals surface area contributed by atoms with Gasteiger partial charge in [0.15, 0.2) is 0 Å². The topological polar surface area (TPSA) is 38.0 Å². The van der Waals surface area contributed by atoms with E-state index in [4.69, 9.17) is 5.73 Å². The second-order valence-electron chi connectivity index (χ2n) is 8.52. The Hall–Kier alpha value is -0.0800. The van der Waals surface area contributed by atoms with Crippen molar-refractivity contribution in [2.24, 2.45) is 33.8 Å². The Balaban J connectivity index is 2.30. The predicted octanol–water partition coefficient (Wildman–Crippen LogP) is 3.27. The third-order valence-corrected chi connectivity index (χ3v) is 5.34. The average Bonchev–Trinajstić information content (AvgIpc) is 2.56. The zero-order valence-electron chi connectivity index (χ0n) is 13.6. The predicted molar refractivity (Wildman–Crippen MR) is 80.5 cm³/mol. The molecule has 0 bridgehead atoms. The molecule has 1 fully saturated rings. The summed E-state index contributed by atoms with van der Waals surface area (Å²) in [5.74, 6) is 1.41. The van der Waals surface area contributed by atoms with Crippen LogP contribution in [0.5, 0.6) is 0 Å². The van der Waals surface area contributed by atoms with E-state index in [-0.39, 0.29) is 0 Å². The fourth-order valence-corrected chi connectivity index (χ4v) is 3.38. The molecule has 0 heterocycles. The van der Waals surface area contributed by atoms with Crippen LogP contribution in [0.15, 0.2) is 0 Å². The monoisotopic (exact) mass is 254 g/mol. The second kappa shape index (κ2) is 5.13. The van der Waals surface area contributed by atoms with Crippen LogP contribution in [0.25, 0.3) is 0 Å². The zero-order chi connectivity index (χ0) is 14.2. The van der Waals surface area contributed by atoms with Crippen LogP contribution in [0, 0.1) is 28.1 Å². The summed E-state index contributed by atoms with van der Waals surface area (Å²) in [5.41, 5.74) is 7.23. The van der Waals surface area contributed by atoms with Gasteiger partial charge in [-0.25, -0.2) is 0 Å². The van der Waals surface area contributed by atoms with Crippen LogP contribution < -0.4 is 11.1 Å². The van der Waals surface area contributed by atoms with Crippen molar-refractivity contribution >= 4 is 0 Å². The molecular weight excluding hydrogens is 220 g/mol. The Bertz CT molecular complexity index is 259. The van der Waals surface area contributed by atoms with E-state index >= 15 is 0 Å². The maximum absolute atomic E-state index is 5.88. The van der Waals surface area contributed by atoms with E-state index in [0.29, 0.717) is 22.2 Å².